The summed E-state index contributed by atoms with van der Waals surface area (Å²) in [5.41, 5.74) is 8.73. The Morgan fingerprint density at radius 2 is 2.25 bits per heavy atom. The lowest BCUT2D eigenvalue weighted by molar-refractivity contribution is -0.118. The maximum Gasteiger partial charge on any atom is 0.250 e. The fourth-order valence-corrected chi connectivity index (χ4v) is 3.97. The molecule has 0 saturated carbocycles. The zero-order valence-corrected chi connectivity index (χ0v) is 19.0. The Morgan fingerprint density at radius 3 is 2.89 bits per heavy atom. The van der Waals surface area contributed by atoms with Gasteiger partial charge in [0.15, 0.2) is 15.8 Å². The zero-order valence-electron chi connectivity index (χ0n) is 15.8. The van der Waals surface area contributed by atoms with Gasteiger partial charge < -0.3 is 15.2 Å². The number of nitrogens with one attached hydrogen (secondary N) is 1. The summed E-state index contributed by atoms with van der Waals surface area (Å²) in [5.74, 6) is 1.71. The molecule has 0 unspecified atom stereocenters. The van der Waals surface area contributed by atoms with Crippen molar-refractivity contribution in [3.63, 3.8) is 0 Å². The average molecular weight is 488 g/mol. The predicted octanol–water partition coefficient (Wildman–Crippen LogP) is 3.56. The van der Waals surface area contributed by atoms with E-state index in [0.29, 0.717) is 33.5 Å². The number of nitrogens with two attached hydrogens (primary N) is 1. The number of aromatic nitrogens is 2. The number of hydrogen-bond acceptors (Lipinski definition) is 9. The SMILES string of the molecule is COc1cc(C=NNC(=O)CSc2nnc(N)s2)cc(Br)c1OCCC(C)C. The van der Waals surface area contributed by atoms with Gasteiger partial charge in [-0.15, -0.1) is 10.2 Å². The molecule has 2 rings (SSSR count). The molecule has 11 heteroatoms. The van der Waals surface area contributed by atoms with Crippen LogP contribution in [0.2, 0.25) is 0 Å². The molecule has 0 radical (unpaired) electrons. The van der Waals surface area contributed by atoms with E-state index in [-0.39, 0.29) is 11.7 Å². The van der Waals surface area contributed by atoms with Gasteiger partial charge in [-0.1, -0.05) is 36.9 Å². The van der Waals surface area contributed by atoms with Crippen LogP contribution in [0.5, 0.6) is 11.5 Å². The minimum atomic E-state index is -0.255. The van der Waals surface area contributed by atoms with Crippen molar-refractivity contribution in [1.29, 1.82) is 0 Å². The molecular weight excluding hydrogens is 466 g/mol. The zero-order chi connectivity index (χ0) is 20.5. The number of anilines is 1. The largest absolute Gasteiger partial charge is 0.493 e. The number of hydrogen-bond donors (Lipinski definition) is 2. The van der Waals surface area contributed by atoms with E-state index in [1.54, 1.807) is 13.2 Å². The third-order valence-electron chi connectivity index (χ3n) is 3.35. The number of amides is 1. The molecule has 152 valence electrons. The number of thioether (sulfide) groups is 1. The van der Waals surface area contributed by atoms with Crippen molar-refractivity contribution in [3.8, 4) is 11.5 Å². The number of ether oxygens (including phenoxy) is 2. The topological polar surface area (TPSA) is 112 Å². The summed E-state index contributed by atoms with van der Waals surface area (Å²) in [4.78, 5) is 11.9. The Bertz CT molecular complexity index is 829. The summed E-state index contributed by atoms with van der Waals surface area (Å²) < 4.78 is 12.6. The number of carbonyl (C=O) groups is 1. The second-order valence-corrected chi connectivity index (χ2v) is 9.14. The van der Waals surface area contributed by atoms with Crippen LogP contribution in [0, 0.1) is 5.92 Å². The molecule has 3 N–H and O–H groups in total. The first-order chi connectivity index (χ1) is 13.4. The quantitative estimate of drug-likeness (QED) is 0.299. The maximum absolute atomic E-state index is 11.9. The maximum atomic E-state index is 11.9. The van der Waals surface area contributed by atoms with Gasteiger partial charge in [-0.2, -0.15) is 5.10 Å². The number of hydrazone groups is 1. The highest BCUT2D eigenvalue weighted by molar-refractivity contribution is 9.10. The molecule has 1 heterocycles. The molecule has 8 nitrogen and oxygen atoms in total. The molecule has 28 heavy (non-hydrogen) atoms. The molecule has 0 spiro atoms. The highest BCUT2D eigenvalue weighted by Crippen LogP contribution is 2.36. The lowest BCUT2D eigenvalue weighted by Crippen LogP contribution is -2.19. The van der Waals surface area contributed by atoms with E-state index in [4.69, 9.17) is 15.2 Å². The molecule has 1 aromatic heterocycles. The van der Waals surface area contributed by atoms with Gasteiger partial charge in [0.1, 0.15) is 0 Å². The monoisotopic (exact) mass is 487 g/mol. The summed E-state index contributed by atoms with van der Waals surface area (Å²) in [6.07, 6.45) is 2.49. The van der Waals surface area contributed by atoms with E-state index >= 15 is 0 Å². The smallest absolute Gasteiger partial charge is 0.250 e. The van der Waals surface area contributed by atoms with Crippen molar-refractivity contribution in [2.45, 2.75) is 24.6 Å². The van der Waals surface area contributed by atoms with E-state index in [1.807, 2.05) is 6.07 Å². The van der Waals surface area contributed by atoms with Gasteiger partial charge in [0, 0.05) is 0 Å². The van der Waals surface area contributed by atoms with Gasteiger partial charge in [0.2, 0.25) is 5.13 Å². The van der Waals surface area contributed by atoms with Crippen molar-refractivity contribution >= 4 is 56.3 Å². The number of nitrogens with zero attached hydrogens (tertiary/aromatic N) is 3. The highest BCUT2D eigenvalue weighted by Gasteiger charge is 2.12. The third kappa shape index (κ3) is 7.28. The summed E-state index contributed by atoms with van der Waals surface area (Å²) in [6.45, 7) is 4.89. The van der Waals surface area contributed by atoms with Crippen LogP contribution in [0.25, 0.3) is 0 Å². The molecule has 0 aliphatic carbocycles. The van der Waals surface area contributed by atoms with E-state index < -0.39 is 0 Å². The summed E-state index contributed by atoms with van der Waals surface area (Å²) in [7, 11) is 1.58. The predicted molar refractivity (Wildman–Crippen MR) is 116 cm³/mol. The number of benzene rings is 1. The first-order valence-electron chi connectivity index (χ1n) is 8.43. The molecule has 0 aliphatic rings. The van der Waals surface area contributed by atoms with Crippen molar-refractivity contribution in [2.75, 3.05) is 25.2 Å². The fraction of sp³-hybridized carbons (Fsp3) is 0.412. The van der Waals surface area contributed by atoms with E-state index in [0.717, 1.165) is 16.5 Å². The van der Waals surface area contributed by atoms with E-state index in [9.17, 15) is 4.79 Å². The van der Waals surface area contributed by atoms with Crippen molar-refractivity contribution in [3.05, 3.63) is 22.2 Å². The number of halogens is 1. The van der Waals surface area contributed by atoms with Crippen LogP contribution in [-0.2, 0) is 4.79 Å². The molecule has 0 fully saturated rings. The Labute approximate surface area is 180 Å². The van der Waals surface area contributed by atoms with Crippen molar-refractivity contribution in [1.82, 2.24) is 15.6 Å². The lowest BCUT2D eigenvalue weighted by Gasteiger charge is -2.14. The van der Waals surface area contributed by atoms with Gasteiger partial charge in [-0.05, 0) is 46.0 Å². The van der Waals surface area contributed by atoms with Crippen LogP contribution in [0.3, 0.4) is 0 Å². The first kappa shape index (κ1) is 22.4. The van der Waals surface area contributed by atoms with Gasteiger partial charge in [-0.3, -0.25) is 4.79 Å². The van der Waals surface area contributed by atoms with Crippen LogP contribution < -0.4 is 20.6 Å². The Morgan fingerprint density at radius 1 is 1.46 bits per heavy atom. The summed E-state index contributed by atoms with van der Waals surface area (Å²) in [6, 6.07) is 3.64. The first-order valence-corrected chi connectivity index (χ1v) is 11.0. The van der Waals surface area contributed by atoms with E-state index in [2.05, 4.69) is 50.5 Å². The minimum absolute atomic E-state index is 0.168. The standard InChI is InChI=1S/C17H22BrN5O3S2/c1-10(2)4-5-26-15-12(18)6-11(7-13(15)25-3)8-20-21-14(24)9-27-17-23-22-16(19)28-17/h6-8,10H,4-5,9H2,1-3H3,(H2,19,22)(H,21,24). The van der Waals surface area contributed by atoms with Crippen LogP contribution in [0.1, 0.15) is 25.8 Å². The molecule has 0 aliphatic heterocycles. The second-order valence-electron chi connectivity index (χ2n) is 6.05. The van der Waals surface area contributed by atoms with Crippen LogP contribution in [-0.4, -0.2) is 41.8 Å². The number of methoxy groups -OCH3 is 1. The minimum Gasteiger partial charge on any atom is -0.493 e. The van der Waals surface area contributed by atoms with Crippen molar-refractivity contribution < 1.29 is 14.3 Å². The Kier molecular flexibility index (Phi) is 9.00. The Balaban J connectivity index is 1.91. The number of rotatable bonds is 10. The number of nitrogen functional groups attached to an aromatic ring is 1. The summed E-state index contributed by atoms with van der Waals surface area (Å²) in [5, 5.41) is 11.9. The van der Waals surface area contributed by atoms with Crippen LogP contribution in [0.4, 0.5) is 5.13 Å². The van der Waals surface area contributed by atoms with Crippen LogP contribution >= 0.6 is 39.0 Å². The third-order valence-corrected chi connectivity index (χ3v) is 5.82. The summed E-state index contributed by atoms with van der Waals surface area (Å²) >= 11 is 5.98. The normalized spacial score (nSPS) is 11.2. The molecule has 0 bridgehead atoms. The van der Waals surface area contributed by atoms with Crippen LogP contribution in [0.15, 0.2) is 26.0 Å². The van der Waals surface area contributed by atoms with E-state index in [1.165, 1.54) is 29.3 Å². The van der Waals surface area contributed by atoms with Crippen molar-refractivity contribution in [2.24, 2.45) is 11.0 Å². The van der Waals surface area contributed by atoms with Gasteiger partial charge in [0.05, 0.1) is 30.2 Å². The average Bonchev–Trinajstić information content (AvgIpc) is 3.06. The Hall–Kier alpha value is -1.85. The van der Waals surface area contributed by atoms with Gasteiger partial charge >= 0.3 is 0 Å². The molecule has 1 aromatic carbocycles. The molecular formula is C17H22BrN5O3S2. The highest BCUT2D eigenvalue weighted by atomic mass is 79.9. The second kappa shape index (κ2) is 11.2. The molecule has 2 aromatic rings. The fourth-order valence-electron chi connectivity index (χ4n) is 1.97. The molecule has 1 amide bonds. The van der Waals surface area contributed by atoms with Gasteiger partial charge in [0.25, 0.3) is 5.91 Å². The molecule has 0 atom stereocenters. The lowest BCUT2D eigenvalue weighted by atomic mass is 10.1. The number of carbonyl (C=O) groups excluding carboxylic acids is 1. The van der Waals surface area contributed by atoms with Gasteiger partial charge in [-0.25, -0.2) is 5.43 Å². The molecule has 0 saturated heterocycles.